The van der Waals surface area contributed by atoms with E-state index in [1.807, 2.05) is 6.92 Å². The zero-order valence-corrected chi connectivity index (χ0v) is 9.71. The number of hydrogen-bond acceptors (Lipinski definition) is 4. The van der Waals surface area contributed by atoms with Crippen LogP contribution in [-0.2, 0) is 9.59 Å². The zero-order chi connectivity index (χ0) is 12.8. The van der Waals surface area contributed by atoms with Crippen LogP contribution in [0, 0.1) is 6.92 Å². The van der Waals surface area contributed by atoms with Gasteiger partial charge in [-0.2, -0.15) is 0 Å². The standard InChI is InChI=1S/C10H10N2O4S/c1-6-4-7(5-17-6)10(16)12-11-8(13)2-3-9(14)15/h2-5H,1H3,(H,11,13)(H,12,16)(H,14,15). The van der Waals surface area contributed by atoms with E-state index in [0.717, 1.165) is 11.0 Å². The van der Waals surface area contributed by atoms with Crippen LogP contribution >= 0.6 is 11.3 Å². The molecule has 6 nitrogen and oxygen atoms in total. The fourth-order valence-corrected chi connectivity index (χ4v) is 1.62. The highest BCUT2D eigenvalue weighted by Crippen LogP contribution is 2.12. The van der Waals surface area contributed by atoms with Crippen molar-refractivity contribution < 1.29 is 19.5 Å². The molecule has 1 rings (SSSR count). The summed E-state index contributed by atoms with van der Waals surface area (Å²) in [4.78, 5) is 33.5. The summed E-state index contributed by atoms with van der Waals surface area (Å²) in [5.41, 5.74) is 4.66. The number of carboxylic acids is 1. The van der Waals surface area contributed by atoms with E-state index < -0.39 is 17.8 Å². The van der Waals surface area contributed by atoms with E-state index in [-0.39, 0.29) is 0 Å². The van der Waals surface area contributed by atoms with Gasteiger partial charge in [0.1, 0.15) is 0 Å². The summed E-state index contributed by atoms with van der Waals surface area (Å²) in [5.74, 6) is -2.40. The molecule has 0 unspecified atom stereocenters. The van der Waals surface area contributed by atoms with Crippen molar-refractivity contribution in [2.24, 2.45) is 0 Å². The van der Waals surface area contributed by atoms with E-state index in [0.29, 0.717) is 11.6 Å². The summed E-state index contributed by atoms with van der Waals surface area (Å²) in [6, 6.07) is 1.68. The van der Waals surface area contributed by atoms with Gasteiger partial charge in [-0.25, -0.2) is 4.79 Å². The molecule has 0 fully saturated rings. The van der Waals surface area contributed by atoms with E-state index in [9.17, 15) is 14.4 Å². The summed E-state index contributed by atoms with van der Waals surface area (Å²) in [6.45, 7) is 1.86. The smallest absolute Gasteiger partial charge is 0.328 e. The van der Waals surface area contributed by atoms with Gasteiger partial charge in [-0.05, 0) is 13.0 Å². The first-order valence-corrected chi connectivity index (χ1v) is 5.43. The number of hydrazine groups is 1. The SMILES string of the molecule is Cc1cc(C(=O)NNC(=O)C=CC(=O)O)cs1. The van der Waals surface area contributed by atoms with Gasteiger partial charge in [0, 0.05) is 22.4 Å². The minimum Gasteiger partial charge on any atom is -0.478 e. The van der Waals surface area contributed by atoms with Gasteiger partial charge in [-0.15, -0.1) is 11.3 Å². The van der Waals surface area contributed by atoms with Gasteiger partial charge < -0.3 is 5.11 Å². The number of amides is 2. The number of rotatable bonds is 3. The Balaban J connectivity index is 2.43. The van der Waals surface area contributed by atoms with Gasteiger partial charge in [-0.3, -0.25) is 20.4 Å². The number of carbonyl (C=O) groups excluding carboxylic acids is 2. The maximum atomic E-state index is 11.4. The normalized spacial score (nSPS) is 10.2. The molecule has 1 heterocycles. The minimum atomic E-state index is -1.24. The van der Waals surface area contributed by atoms with Crippen LogP contribution in [0.25, 0.3) is 0 Å². The Morgan fingerprint density at radius 3 is 2.53 bits per heavy atom. The lowest BCUT2D eigenvalue weighted by molar-refractivity contribution is -0.131. The third-order valence-corrected chi connectivity index (χ3v) is 2.53. The van der Waals surface area contributed by atoms with Crippen molar-refractivity contribution >= 4 is 29.1 Å². The van der Waals surface area contributed by atoms with Gasteiger partial charge in [0.05, 0.1) is 5.56 Å². The lowest BCUT2D eigenvalue weighted by Crippen LogP contribution is -2.40. The molecule has 1 aromatic heterocycles. The maximum Gasteiger partial charge on any atom is 0.328 e. The first-order valence-electron chi connectivity index (χ1n) is 4.55. The predicted octanol–water partition coefficient (Wildman–Crippen LogP) is 0.458. The summed E-state index contributed by atoms with van der Waals surface area (Å²) < 4.78 is 0. The molecule has 1 aromatic rings. The number of aryl methyl sites for hydroxylation is 1. The Bertz CT molecular complexity index is 478. The highest BCUT2D eigenvalue weighted by molar-refractivity contribution is 7.10. The average molecular weight is 254 g/mol. The number of aliphatic carboxylic acids is 1. The van der Waals surface area contributed by atoms with Crippen molar-refractivity contribution in [1.82, 2.24) is 10.9 Å². The van der Waals surface area contributed by atoms with Crippen LogP contribution in [0.1, 0.15) is 15.2 Å². The molecular formula is C10H10N2O4S. The van der Waals surface area contributed by atoms with E-state index in [1.54, 1.807) is 11.4 Å². The van der Waals surface area contributed by atoms with Crippen molar-refractivity contribution in [3.05, 3.63) is 34.0 Å². The van der Waals surface area contributed by atoms with Gasteiger partial charge in [0.25, 0.3) is 11.8 Å². The molecule has 90 valence electrons. The van der Waals surface area contributed by atoms with Crippen molar-refractivity contribution in [3.63, 3.8) is 0 Å². The first kappa shape index (κ1) is 12.9. The molecule has 0 spiro atoms. The molecule has 0 saturated heterocycles. The lowest BCUT2D eigenvalue weighted by atomic mass is 10.3. The average Bonchev–Trinajstić information content (AvgIpc) is 2.70. The predicted molar refractivity (Wildman–Crippen MR) is 61.4 cm³/mol. The third kappa shape index (κ3) is 4.47. The van der Waals surface area contributed by atoms with Crippen LogP contribution in [0.3, 0.4) is 0 Å². The van der Waals surface area contributed by atoms with E-state index >= 15 is 0 Å². The Kier molecular flexibility index (Phi) is 4.41. The molecule has 7 heteroatoms. The molecular weight excluding hydrogens is 244 g/mol. The Morgan fingerprint density at radius 1 is 1.29 bits per heavy atom. The second-order valence-electron chi connectivity index (χ2n) is 3.06. The Hall–Kier alpha value is -2.15. The number of hydrogen-bond donors (Lipinski definition) is 3. The quantitative estimate of drug-likeness (QED) is 0.539. The fraction of sp³-hybridized carbons (Fsp3) is 0.100. The van der Waals surface area contributed by atoms with Gasteiger partial charge in [-0.1, -0.05) is 0 Å². The molecule has 0 radical (unpaired) electrons. The van der Waals surface area contributed by atoms with Crippen molar-refractivity contribution in [2.45, 2.75) is 6.92 Å². The molecule has 3 N–H and O–H groups in total. The molecule has 0 atom stereocenters. The molecule has 0 aromatic carbocycles. The number of thiophene rings is 1. The second-order valence-corrected chi connectivity index (χ2v) is 4.18. The van der Waals surface area contributed by atoms with Crippen LogP contribution in [0.15, 0.2) is 23.6 Å². The van der Waals surface area contributed by atoms with E-state index in [1.165, 1.54) is 11.3 Å². The molecule has 0 aliphatic rings. The van der Waals surface area contributed by atoms with E-state index in [2.05, 4.69) is 10.9 Å². The van der Waals surface area contributed by atoms with Gasteiger partial charge in [0.2, 0.25) is 0 Å². The lowest BCUT2D eigenvalue weighted by Gasteiger charge is -2.02. The summed E-state index contributed by atoms with van der Waals surface area (Å²) in [5, 5.41) is 9.92. The van der Waals surface area contributed by atoms with Crippen molar-refractivity contribution in [3.8, 4) is 0 Å². The maximum absolute atomic E-state index is 11.4. The topological polar surface area (TPSA) is 95.5 Å². The summed E-state index contributed by atoms with van der Waals surface area (Å²) in [6.07, 6.45) is 1.48. The van der Waals surface area contributed by atoms with Gasteiger partial charge >= 0.3 is 5.97 Å². The molecule has 0 aliphatic carbocycles. The number of carboxylic acid groups (broad SMARTS) is 1. The van der Waals surface area contributed by atoms with Crippen LogP contribution in [0.4, 0.5) is 0 Å². The highest BCUT2D eigenvalue weighted by Gasteiger charge is 2.07. The molecule has 0 bridgehead atoms. The summed E-state index contributed by atoms with van der Waals surface area (Å²) in [7, 11) is 0. The molecule has 2 amide bonds. The number of nitrogens with one attached hydrogen (secondary N) is 2. The number of carbonyl (C=O) groups is 3. The molecule has 0 aliphatic heterocycles. The highest BCUT2D eigenvalue weighted by atomic mass is 32.1. The second kappa shape index (κ2) is 5.80. The van der Waals surface area contributed by atoms with Crippen LogP contribution < -0.4 is 10.9 Å². The summed E-state index contributed by atoms with van der Waals surface area (Å²) >= 11 is 1.42. The fourth-order valence-electron chi connectivity index (χ4n) is 0.942. The Labute approximate surface area is 101 Å². The third-order valence-electron chi connectivity index (χ3n) is 1.67. The van der Waals surface area contributed by atoms with Gasteiger partial charge in [0.15, 0.2) is 0 Å². The van der Waals surface area contributed by atoms with Crippen LogP contribution in [0.2, 0.25) is 0 Å². The Morgan fingerprint density at radius 2 is 2.00 bits per heavy atom. The van der Waals surface area contributed by atoms with Crippen LogP contribution in [-0.4, -0.2) is 22.9 Å². The molecule has 0 saturated carbocycles. The zero-order valence-electron chi connectivity index (χ0n) is 8.89. The minimum absolute atomic E-state index is 0.440. The van der Waals surface area contributed by atoms with Crippen LogP contribution in [0.5, 0.6) is 0 Å². The monoisotopic (exact) mass is 254 g/mol. The molecule has 17 heavy (non-hydrogen) atoms. The van der Waals surface area contributed by atoms with Crippen molar-refractivity contribution in [1.29, 1.82) is 0 Å². The first-order chi connectivity index (χ1) is 7.99. The largest absolute Gasteiger partial charge is 0.478 e. The van der Waals surface area contributed by atoms with E-state index in [4.69, 9.17) is 5.11 Å². The van der Waals surface area contributed by atoms with Crippen molar-refractivity contribution in [2.75, 3.05) is 0 Å².